The predicted octanol–water partition coefficient (Wildman–Crippen LogP) is 3.08. The molecule has 0 bridgehead atoms. The molecule has 0 amide bonds. The molecule has 1 fully saturated rings. The number of aryl methyl sites for hydroxylation is 1. The smallest absolute Gasteiger partial charge is 0.316 e. The summed E-state index contributed by atoms with van der Waals surface area (Å²) in [5, 5.41) is 7.40. The number of hydrogen-bond donors (Lipinski definition) is 2. The Kier molecular flexibility index (Phi) is 8.00. The zero-order valence-corrected chi connectivity index (χ0v) is 20.0. The molecule has 2 aromatic heterocycles. The topological polar surface area (TPSA) is 102 Å². The zero-order valence-electron chi connectivity index (χ0n) is 20.0. The van der Waals surface area contributed by atoms with Crippen molar-refractivity contribution in [3.63, 3.8) is 0 Å². The van der Waals surface area contributed by atoms with E-state index < -0.39 is 0 Å². The Morgan fingerprint density at radius 3 is 2.42 bits per heavy atom. The largest absolute Gasteiger partial charge is 0.481 e. The average molecular weight is 453 g/mol. The van der Waals surface area contributed by atoms with Crippen LogP contribution in [0.1, 0.15) is 29.8 Å². The van der Waals surface area contributed by atoms with Gasteiger partial charge in [-0.2, -0.15) is 4.98 Å². The highest BCUT2D eigenvalue weighted by molar-refractivity contribution is 6.01. The van der Waals surface area contributed by atoms with Crippen LogP contribution in [0.5, 0.6) is 11.9 Å². The number of fused-ring (bicyclic) bond motifs is 1. The second-order valence-corrected chi connectivity index (χ2v) is 8.08. The van der Waals surface area contributed by atoms with Gasteiger partial charge in [0.2, 0.25) is 5.88 Å². The molecule has 4 rings (SSSR count). The number of nitrogens with zero attached hydrogens (tertiary/aromatic N) is 4. The summed E-state index contributed by atoms with van der Waals surface area (Å²) in [6.45, 7) is 8.12. The lowest BCUT2D eigenvalue weighted by atomic mass is 10.1. The Labute approximate surface area is 194 Å². The van der Waals surface area contributed by atoms with Gasteiger partial charge in [0.05, 0.1) is 31.6 Å². The van der Waals surface area contributed by atoms with Crippen molar-refractivity contribution in [3.05, 3.63) is 41.7 Å². The first kappa shape index (κ1) is 24.2. The molecule has 1 aromatic carbocycles. The number of rotatable bonds is 5. The third-order valence-corrected chi connectivity index (χ3v) is 5.46. The van der Waals surface area contributed by atoms with Gasteiger partial charge in [-0.25, -0.2) is 9.97 Å². The molecule has 0 spiro atoms. The van der Waals surface area contributed by atoms with E-state index in [4.69, 9.17) is 9.47 Å². The number of aromatic nitrogens is 3. The van der Waals surface area contributed by atoms with E-state index in [0.717, 1.165) is 41.7 Å². The van der Waals surface area contributed by atoms with Crippen LogP contribution in [0, 0.1) is 6.92 Å². The number of ether oxygens (including phenoxy) is 2. The second-order valence-electron chi connectivity index (χ2n) is 8.08. The van der Waals surface area contributed by atoms with Crippen LogP contribution in [-0.2, 0) is 0 Å². The first-order valence-electron chi connectivity index (χ1n) is 10.9. The lowest BCUT2D eigenvalue weighted by Gasteiger charge is -2.38. The second kappa shape index (κ2) is 10.9. The van der Waals surface area contributed by atoms with Gasteiger partial charge in [-0.3, -0.25) is 4.79 Å². The van der Waals surface area contributed by atoms with Crippen LogP contribution in [0.2, 0.25) is 0 Å². The van der Waals surface area contributed by atoms with Crippen molar-refractivity contribution in [1.82, 2.24) is 20.3 Å². The maximum Gasteiger partial charge on any atom is 0.316 e. The van der Waals surface area contributed by atoms with Gasteiger partial charge in [-0.1, -0.05) is 0 Å². The summed E-state index contributed by atoms with van der Waals surface area (Å²) < 4.78 is 10.1. The Morgan fingerprint density at radius 2 is 1.85 bits per heavy atom. The van der Waals surface area contributed by atoms with E-state index in [1.54, 1.807) is 19.5 Å². The summed E-state index contributed by atoms with van der Waals surface area (Å²) in [6, 6.07) is 6.87. The van der Waals surface area contributed by atoms with Gasteiger partial charge in [0, 0.05) is 60.6 Å². The summed E-state index contributed by atoms with van der Waals surface area (Å²) in [6.07, 6.45) is 4.30. The first-order valence-corrected chi connectivity index (χ1v) is 10.9. The van der Waals surface area contributed by atoms with Crippen molar-refractivity contribution in [2.24, 2.45) is 0 Å². The van der Waals surface area contributed by atoms with E-state index in [0.29, 0.717) is 29.0 Å². The van der Waals surface area contributed by atoms with Gasteiger partial charge in [-0.15, -0.1) is 0 Å². The van der Waals surface area contributed by atoms with Gasteiger partial charge in [0.25, 0.3) is 0 Å². The lowest BCUT2D eigenvalue weighted by Crippen LogP contribution is -2.54. The van der Waals surface area contributed by atoms with E-state index in [1.165, 1.54) is 7.11 Å². The minimum absolute atomic E-state index is 0.273. The molecule has 9 nitrogen and oxygen atoms in total. The van der Waals surface area contributed by atoms with Crippen LogP contribution in [-0.4, -0.2) is 67.7 Å². The van der Waals surface area contributed by atoms with Crippen LogP contribution in [0.4, 0.5) is 11.4 Å². The number of pyridine rings is 1. The molecule has 9 heteroatoms. The molecule has 1 saturated heterocycles. The average Bonchev–Trinajstić information content (AvgIpc) is 2.82. The zero-order chi connectivity index (χ0) is 24.0. The SMILES string of the molecule is CNc1cnc(OC)c(C)c1.COc1ncc2c(N3CC(C)NC(C)C3)ccc(C=O)c2n1. The molecular formula is C24H32N6O3. The van der Waals surface area contributed by atoms with Crippen LogP contribution < -0.4 is 25.0 Å². The Hall–Kier alpha value is -3.46. The molecule has 2 unspecified atom stereocenters. The number of methoxy groups -OCH3 is 2. The highest BCUT2D eigenvalue weighted by Crippen LogP contribution is 2.29. The molecule has 3 heterocycles. The Balaban J connectivity index is 0.000000235. The molecule has 2 atom stereocenters. The number of anilines is 2. The summed E-state index contributed by atoms with van der Waals surface area (Å²) in [5.41, 5.74) is 4.29. The first-order chi connectivity index (χ1) is 15.9. The van der Waals surface area contributed by atoms with Crippen LogP contribution in [0.15, 0.2) is 30.6 Å². The predicted molar refractivity (Wildman–Crippen MR) is 131 cm³/mol. The quantitative estimate of drug-likeness (QED) is 0.566. The van der Waals surface area contributed by atoms with Crippen LogP contribution >= 0.6 is 0 Å². The van der Waals surface area contributed by atoms with Crippen LogP contribution in [0.25, 0.3) is 10.9 Å². The third-order valence-electron chi connectivity index (χ3n) is 5.46. The number of nitrogens with one attached hydrogen (secondary N) is 2. The summed E-state index contributed by atoms with van der Waals surface area (Å²) in [4.78, 5) is 26.2. The minimum Gasteiger partial charge on any atom is -0.481 e. The van der Waals surface area contributed by atoms with Crippen molar-refractivity contribution in [1.29, 1.82) is 0 Å². The van der Waals surface area contributed by atoms with Crippen molar-refractivity contribution in [2.75, 3.05) is 44.6 Å². The molecule has 176 valence electrons. The van der Waals surface area contributed by atoms with Gasteiger partial charge in [0.1, 0.15) is 0 Å². The molecule has 3 aromatic rings. The maximum absolute atomic E-state index is 11.3. The van der Waals surface area contributed by atoms with E-state index in [-0.39, 0.29) is 6.01 Å². The van der Waals surface area contributed by atoms with Crippen molar-refractivity contribution >= 4 is 28.6 Å². The summed E-state index contributed by atoms with van der Waals surface area (Å²) >= 11 is 0. The van der Waals surface area contributed by atoms with E-state index >= 15 is 0 Å². The van der Waals surface area contributed by atoms with Crippen molar-refractivity contribution in [3.8, 4) is 11.9 Å². The fraction of sp³-hybridized carbons (Fsp3) is 0.417. The highest BCUT2D eigenvalue weighted by Gasteiger charge is 2.23. The molecular weight excluding hydrogens is 420 g/mol. The van der Waals surface area contributed by atoms with Crippen molar-refractivity contribution in [2.45, 2.75) is 32.9 Å². The fourth-order valence-electron chi connectivity index (χ4n) is 4.02. The molecule has 2 N–H and O–H groups in total. The lowest BCUT2D eigenvalue weighted by molar-refractivity contribution is 0.112. The summed E-state index contributed by atoms with van der Waals surface area (Å²) in [7, 11) is 5.00. The van der Waals surface area contributed by atoms with Gasteiger partial charge < -0.3 is 25.0 Å². The molecule has 1 aliphatic rings. The molecule has 1 aliphatic heterocycles. The monoisotopic (exact) mass is 452 g/mol. The number of carbonyl (C=O) groups excluding carboxylic acids is 1. The molecule has 0 saturated carbocycles. The Morgan fingerprint density at radius 1 is 1.12 bits per heavy atom. The van der Waals surface area contributed by atoms with Crippen LogP contribution in [0.3, 0.4) is 0 Å². The van der Waals surface area contributed by atoms with Gasteiger partial charge in [0.15, 0.2) is 6.29 Å². The summed E-state index contributed by atoms with van der Waals surface area (Å²) in [5.74, 6) is 0.684. The maximum atomic E-state index is 11.3. The van der Waals surface area contributed by atoms with E-state index in [1.807, 2.05) is 32.2 Å². The van der Waals surface area contributed by atoms with Crippen molar-refractivity contribution < 1.29 is 14.3 Å². The van der Waals surface area contributed by atoms with E-state index in [2.05, 4.69) is 44.3 Å². The third kappa shape index (κ3) is 5.67. The highest BCUT2D eigenvalue weighted by atomic mass is 16.5. The molecule has 0 radical (unpaired) electrons. The number of benzene rings is 1. The fourth-order valence-corrected chi connectivity index (χ4v) is 4.02. The van der Waals surface area contributed by atoms with E-state index in [9.17, 15) is 4.79 Å². The molecule has 0 aliphatic carbocycles. The Bertz CT molecular complexity index is 1100. The van der Waals surface area contributed by atoms with Gasteiger partial charge in [-0.05, 0) is 39.0 Å². The molecule has 33 heavy (non-hydrogen) atoms. The standard InChI is InChI=1S/C16H20N4O2.C8H12N2O/c1-10-7-20(8-11(2)18-10)14-5-4-12(9-21)15-13(14)6-17-16(19-15)22-3;1-6-4-7(9-2)5-10-8(6)11-3/h4-6,9-11,18H,7-8H2,1-3H3;4-5,9H,1-3H3. The number of hydrogen-bond acceptors (Lipinski definition) is 9. The number of piperazine rings is 1. The number of carbonyl (C=O) groups is 1. The minimum atomic E-state index is 0.273. The van der Waals surface area contributed by atoms with Gasteiger partial charge >= 0.3 is 6.01 Å². The normalized spacial score (nSPS) is 17.7. The number of aldehydes is 1.